The fourth-order valence-corrected chi connectivity index (χ4v) is 7.72. The molecule has 2 unspecified atom stereocenters. The van der Waals surface area contributed by atoms with Crippen molar-refractivity contribution < 1.29 is 19.8 Å². The van der Waals surface area contributed by atoms with E-state index in [1.807, 2.05) is 0 Å². The Morgan fingerprint density at radius 2 is 0.645 bits per heavy atom. The minimum atomic E-state index is -0.912. The molecule has 8 nitrogen and oxygen atoms in total. The van der Waals surface area contributed by atoms with Crippen LogP contribution in [-0.2, 0) is 0 Å². The average molecular weight is 886 g/mol. The highest BCUT2D eigenvalue weighted by molar-refractivity contribution is 5.64. The highest BCUT2D eigenvalue weighted by Gasteiger charge is 2.06. The Labute approximate surface area is 389 Å². The van der Waals surface area contributed by atoms with Crippen LogP contribution < -0.4 is 22.1 Å². The standard InChI is InChI=1S/C19H39NO2.C18H39N.C9H19NO2.C8H19N/c1-2-3-4-5-6-7-8-9-10-11-12-13-14-15-16-17-18-20-19(21)22;1-2-3-4-5-6-7-8-9-10-11-12-13-14-15-16-17-18-19;1-3-5-6-8(4-2)7-10-9(11)12;1-3-5-6-8(4-2)7-9/h20H,2-18H2,1H3,(H,21,22);2-19H2,1H3;8,10H,3-7H2,1-2H3,(H,11,12);8H,3-7,9H2,1-2H3. The summed E-state index contributed by atoms with van der Waals surface area (Å²) in [6.07, 6.45) is 52.4. The lowest BCUT2D eigenvalue weighted by Gasteiger charge is -2.13. The van der Waals surface area contributed by atoms with E-state index in [0.717, 1.165) is 44.7 Å². The summed E-state index contributed by atoms with van der Waals surface area (Å²) in [5.74, 6) is 1.30. The van der Waals surface area contributed by atoms with Crippen molar-refractivity contribution in [3.05, 3.63) is 0 Å². The number of nitrogens with two attached hydrogens (primary N) is 2. The quantitative estimate of drug-likeness (QED) is 0.0335. The van der Waals surface area contributed by atoms with Gasteiger partial charge < -0.3 is 32.3 Å². The molecule has 0 bridgehead atoms. The normalized spacial score (nSPS) is 11.6. The molecule has 0 radical (unpaired) electrons. The monoisotopic (exact) mass is 885 g/mol. The minimum Gasteiger partial charge on any atom is -0.465 e. The number of unbranched alkanes of at least 4 members (excludes halogenated alkanes) is 32. The van der Waals surface area contributed by atoms with Crippen LogP contribution in [0, 0.1) is 11.8 Å². The van der Waals surface area contributed by atoms with Crippen molar-refractivity contribution in [3.8, 4) is 0 Å². The Morgan fingerprint density at radius 3 is 0.903 bits per heavy atom. The Morgan fingerprint density at radius 1 is 0.371 bits per heavy atom. The molecule has 0 aromatic rings. The first kappa shape index (κ1) is 67.1. The van der Waals surface area contributed by atoms with Crippen molar-refractivity contribution in [3.63, 3.8) is 0 Å². The largest absolute Gasteiger partial charge is 0.465 e. The second-order valence-corrected chi connectivity index (χ2v) is 18.4. The van der Waals surface area contributed by atoms with E-state index in [4.69, 9.17) is 21.7 Å². The third-order valence-corrected chi connectivity index (χ3v) is 12.3. The SMILES string of the molecule is CCCCC(CC)CN.CCCCC(CC)CNC(=O)O.CCCCCCCCCCCCCCCCCCN.CCCCCCCCCCCCCCCCCCNC(=O)O. The summed E-state index contributed by atoms with van der Waals surface area (Å²) in [7, 11) is 0. The van der Waals surface area contributed by atoms with Gasteiger partial charge in [-0.2, -0.15) is 0 Å². The predicted molar refractivity (Wildman–Crippen MR) is 276 cm³/mol. The first-order chi connectivity index (χ1) is 30.2. The van der Waals surface area contributed by atoms with Crippen molar-refractivity contribution >= 4 is 12.2 Å². The zero-order chi connectivity index (χ0) is 46.8. The van der Waals surface area contributed by atoms with Crippen molar-refractivity contribution in [2.75, 3.05) is 26.2 Å². The Hall–Kier alpha value is -1.54. The van der Waals surface area contributed by atoms with Crippen molar-refractivity contribution in [1.29, 1.82) is 0 Å². The molecule has 0 aliphatic rings. The van der Waals surface area contributed by atoms with Gasteiger partial charge >= 0.3 is 12.2 Å². The van der Waals surface area contributed by atoms with E-state index < -0.39 is 12.2 Å². The van der Waals surface area contributed by atoms with Crippen LogP contribution in [0.25, 0.3) is 0 Å². The van der Waals surface area contributed by atoms with Crippen LogP contribution in [0.2, 0.25) is 0 Å². The van der Waals surface area contributed by atoms with E-state index in [2.05, 4.69) is 52.2 Å². The number of nitrogens with one attached hydrogen (secondary N) is 2. The van der Waals surface area contributed by atoms with Gasteiger partial charge in [-0.15, -0.1) is 0 Å². The van der Waals surface area contributed by atoms with Gasteiger partial charge in [-0.05, 0) is 50.6 Å². The molecule has 0 aromatic heterocycles. The number of amides is 2. The molecule has 0 aromatic carbocycles. The van der Waals surface area contributed by atoms with Crippen LogP contribution in [0.4, 0.5) is 9.59 Å². The topological polar surface area (TPSA) is 151 Å². The second-order valence-electron chi connectivity index (χ2n) is 18.4. The Balaban J connectivity index is -0.000000381. The molecule has 8 heteroatoms. The zero-order valence-corrected chi connectivity index (χ0v) is 43.1. The van der Waals surface area contributed by atoms with Crippen LogP contribution in [-0.4, -0.2) is 48.6 Å². The fraction of sp³-hybridized carbons (Fsp3) is 0.963. The molecule has 376 valence electrons. The molecule has 8 N–H and O–H groups in total. The van der Waals surface area contributed by atoms with Crippen LogP contribution in [0.15, 0.2) is 0 Å². The van der Waals surface area contributed by atoms with E-state index in [1.165, 1.54) is 231 Å². The van der Waals surface area contributed by atoms with E-state index >= 15 is 0 Å². The molecule has 0 heterocycles. The van der Waals surface area contributed by atoms with Gasteiger partial charge in [-0.25, -0.2) is 9.59 Å². The number of hydrogen-bond donors (Lipinski definition) is 6. The summed E-state index contributed by atoms with van der Waals surface area (Å²) >= 11 is 0. The molecule has 0 fully saturated rings. The van der Waals surface area contributed by atoms with Gasteiger partial charge in [0.05, 0.1) is 0 Å². The number of carboxylic acid groups (broad SMARTS) is 2. The number of rotatable bonds is 44. The van der Waals surface area contributed by atoms with Crippen LogP contribution in [0.3, 0.4) is 0 Å². The highest BCUT2D eigenvalue weighted by Crippen LogP contribution is 2.16. The van der Waals surface area contributed by atoms with Gasteiger partial charge in [0.1, 0.15) is 0 Å². The van der Waals surface area contributed by atoms with Crippen molar-refractivity contribution in [2.45, 2.75) is 298 Å². The van der Waals surface area contributed by atoms with Gasteiger partial charge in [0, 0.05) is 13.1 Å². The smallest absolute Gasteiger partial charge is 0.404 e. The maximum absolute atomic E-state index is 10.2. The first-order valence-corrected chi connectivity index (χ1v) is 27.6. The fourth-order valence-electron chi connectivity index (χ4n) is 7.72. The van der Waals surface area contributed by atoms with E-state index in [1.54, 1.807) is 0 Å². The summed E-state index contributed by atoms with van der Waals surface area (Å²) in [6.45, 7) is 16.2. The summed E-state index contributed by atoms with van der Waals surface area (Å²) < 4.78 is 0. The van der Waals surface area contributed by atoms with Gasteiger partial charge in [-0.1, -0.05) is 273 Å². The van der Waals surface area contributed by atoms with Gasteiger partial charge in [0.2, 0.25) is 0 Å². The molecular formula is C54H116N4O4. The van der Waals surface area contributed by atoms with E-state index in [9.17, 15) is 9.59 Å². The molecule has 0 aliphatic carbocycles. The van der Waals surface area contributed by atoms with Crippen molar-refractivity contribution in [1.82, 2.24) is 10.6 Å². The molecule has 0 aliphatic heterocycles. The highest BCUT2D eigenvalue weighted by atomic mass is 16.4. The number of hydrogen-bond acceptors (Lipinski definition) is 4. The Bertz CT molecular complexity index is 782. The third-order valence-electron chi connectivity index (χ3n) is 12.3. The van der Waals surface area contributed by atoms with E-state index in [-0.39, 0.29) is 0 Å². The van der Waals surface area contributed by atoms with Crippen LogP contribution >= 0.6 is 0 Å². The second kappa shape index (κ2) is 63.7. The zero-order valence-electron chi connectivity index (χ0n) is 43.1. The van der Waals surface area contributed by atoms with Gasteiger partial charge in [0.25, 0.3) is 0 Å². The summed E-state index contributed by atoms with van der Waals surface area (Å²) in [4.78, 5) is 20.4. The third kappa shape index (κ3) is 70.1. The maximum Gasteiger partial charge on any atom is 0.404 e. The Kier molecular flexibility index (Phi) is 68.9. The van der Waals surface area contributed by atoms with Gasteiger partial charge in [-0.3, -0.25) is 0 Å². The van der Waals surface area contributed by atoms with Crippen molar-refractivity contribution in [2.24, 2.45) is 23.3 Å². The summed E-state index contributed by atoms with van der Waals surface area (Å²) in [5, 5.41) is 21.6. The molecule has 0 saturated carbocycles. The van der Waals surface area contributed by atoms with Gasteiger partial charge in [0.15, 0.2) is 0 Å². The first-order valence-electron chi connectivity index (χ1n) is 27.6. The molecule has 0 spiro atoms. The lowest BCUT2D eigenvalue weighted by molar-refractivity contribution is 0.191. The number of carbonyl (C=O) groups is 2. The molecule has 2 atom stereocenters. The van der Waals surface area contributed by atoms with Crippen LogP contribution in [0.5, 0.6) is 0 Å². The lowest BCUT2D eigenvalue weighted by Crippen LogP contribution is -2.27. The summed E-state index contributed by atoms with van der Waals surface area (Å²) in [6, 6.07) is 0. The average Bonchev–Trinajstić information content (AvgIpc) is 3.27. The molecule has 62 heavy (non-hydrogen) atoms. The predicted octanol–water partition coefficient (Wildman–Crippen LogP) is 17.4. The lowest BCUT2D eigenvalue weighted by atomic mass is 10.00. The molecular weight excluding hydrogens is 769 g/mol. The maximum atomic E-state index is 10.2. The summed E-state index contributed by atoms with van der Waals surface area (Å²) in [5.41, 5.74) is 11.0. The van der Waals surface area contributed by atoms with E-state index in [0.29, 0.717) is 19.0 Å². The molecule has 2 amide bonds. The van der Waals surface area contributed by atoms with Crippen LogP contribution in [0.1, 0.15) is 298 Å². The molecule has 0 rings (SSSR count). The minimum absolute atomic E-state index is 0.515. The molecule has 0 saturated heterocycles.